The third kappa shape index (κ3) is 3.35. The van der Waals surface area contributed by atoms with Gasteiger partial charge in [0, 0.05) is 0 Å². The van der Waals surface area contributed by atoms with Crippen molar-refractivity contribution in [3.63, 3.8) is 0 Å². The van der Waals surface area contributed by atoms with Crippen molar-refractivity contribution >= 4 is 6.09 Å². The van der Waals surface area contributed by atoms with E-state index in [1.54, 1.807) is 12.1 Å². The van der Waals surface area contributed by atoms with E-state index < -0.39 is 6.09 Å². The number of benzene rings is 2. The van der Waals surface area contributed by atoms with Gasteiger partial charge in [-0.1, -0.05) is 48.5 Å². The van der Waals surface area contributed by atoms with Crippen LogP contribution >= 0.6 is 0 Å². The van der Waals surface area contributed by atoms with Crippen molar-refractivity contribution < 1.29 is 9.53 Å². The molecule has 0 saturated carbocycles. The van der Waals surface area contributed by atoms with Crippen molar-refractivity contribution in [2.75, 3.05) is 0 Å². The van der Waals surface area contributed by atoms with Crippen LogP contribution in [0.3, 0.4) is 0 Å². The SMILES string of the molecule is C[C@H](NC(=O)Oc1ccccc1)c1ccccc1. The van der Waals surface area contributed by atoms with Crippen molar-refractivity contribution in [2.45, 2.75) is 13.0 Å². The van der Waals surface area contributed by atoms with Crippen LogP contribution in [0.4, 0.5) is 4.79 Å². The Hall–Kier alpha value is -2.29. The summed E-state index contributed by atoms with van der Waals surface area (Å²) in [5.74, 6) is 0.537. The third-order valence-electron chi connectivity index (χ3n) is 2.59. The lowest BCUT2D eigenvalue weighted by Crippen LogP contribution is -2.29. The molecule has 3 heteroatoms. The van der Waals surface area contributed by atoms with Crippen LogP contribution in [0.5, 0.6) is 5.75 Å². The van der Waals surface area contributed by atoms with Crippen LogP contribution in [0.25, 0.3) is 0 Å². The number of carbonyl (C=O) groups excluding carboxylic acids is 1. The number of nitrogens with one attached hydrogen (secondary N) is 1. The van der Waals surface area contributed by atoms with Crippen LogP contribution in [0.2, 0.25) is 0 Å². The summed E-state index contributed by atoms with van der Waals surface area (Å²) >= 11 is 0. The summed E-state index contributed by atoms with van der Waals surface area (Å²) < 4.78 is 5.16. The zero-order valence-corrected chi connectivity index (χ0v) is 10.2. The molecule has 0 fully saturated rings. The molecule has 0 bridgehead atoms. The highest BCUT2D eigenvalue weighted by Gasteiger charge is 2.10. The van der Waals surface area contributed by atoms with E-state index in [1.807, 2.05) is 55.5 Å². The highest BCUT2D eigenvalue weighted by molar-refractivity contribution is 5.70. The van der Waals surface area contributed by atoms with Gasteiger partial charge in [0.05, 0.1) is 6.04 Å². The molecule has 1 amide bonds. The molecule has 2 aromatic carbocycles. The molecule has 2 aromatic rings. The maximum atomic E-state index is 11.7. The topological polar surface area (TPSA) is 38.3 Å². The normalized spacial score (nSPS) is 11.6. The van der Waals surface area contributed by atoms with Gasteiger partial charge in [-0.2, -0.15) is 0 Å². The molecular formula is C15H15NO2. The first-order valence-electron chi connectivity index (χ1n) is 5.84. The first-order chi connectivity index (χ1) is 8.75. The molecule has 0 aliphatic heterocycles. The predicted octanol–water partition coefficient (Wildman–Crippen LogP) is 3.54. The van der Waals surface area contributed by atoms with Crippen LogP contribution in [0.1, 0.15) is 18.5 Å². The molecule has 0 spiro atoms. The molecular weight excluding hydrogens is 226 g/mol. The second-order valence-corrected chi connectivity index (χ2v) is 3.98. The highest BCUT2D eigenvalue weighted by Crippen LogP contribution is 2.13. The maximum Gasteiger partial charge on any atom is 0.413 e. The first kappa shape index (κ1) is 12.2. The number of para-hydroxylation sites is 1. The minimum Gasteiger partial charge on any atom is -0.410 e. The summed E-state index contributed by atoms with van der Waals surface area (Å²) in [5, 5.41) is 2.78. The molecule has 92 valence electrons. The number of hydrogen-bond donors (Lipinski definition) is 1. The Bertz CT molecular complexity index is 496. The summed E-state index contributed by atoms with van der Waals surface area (Å²) in [6, 6.07) is 18.7. The Balaban J connectivity index is 1.92. The summed E-state index contributed by atoms with van der Waals surface area (Å²) in [6.07, 6.45) is -0.447. The molecule has 0 aliphatic rings. The zero-order chi connectivity index (χ0) is 12.8. The molecule has 0 saturated heterocycles. The number of rotatable bonds is 3. The standard InChI is InChI=1S/C15H15NO2/c1-12(13-8-4-2-5-9-13)16-15(17)18-14-10-6-3-7-11-14/h2-12H,1H3,(H,16,17)/t12-/m0/s1. The molecule has 2 rings (SSSR count). The summed E-state index contributed by atoms with van der Waals surface area (Å²) in [4.78, 5) is 11.7. The molecule has 0 aromatic heterocycles. The highest BCUT2D eigenvalue weighted by atomic mass is 16.6. The van der Waals surface area contributed by atoms with Crippen molar-refractivity contribution in [1.82, 2.24) is 5.32 Å². The Morgan fingerprint density at radius 2 is 1.56 bits per heavy atom. The van der Waals surface area contributed by atoms with E-state index in [9.17, 15) is 4.79 Å². The average Bonchev–Trinajstić information content (AvgIpc) is 2.40. The van der Waals surface area contributed by atoms with Gasteiger partial charge in [0.25, 0.3) is 0 Å². The van der Waals surface area contributed by atoms with Crippen LogP contribution in [-0.4, -0.2) is 6.09 Å². The molecule has 0 aliphatic carbocycles. The first-order valence-corrected chi connectivity index (χ1v) is 5.84. The molecule has 3 nitrogen and oxygen atoms in total. The predicted molar refractivity (Wildman–Crippen MR) is 70.5 cm³/mol. The Morgan fingerprint density at radius 3 is 2.17 bits per heavy atom. The van der Waals surface area contributed by atoms with Crippen LogP contribution in [0.15, 0.2) is 60.7 Å². The van der Waals surface area contributed by atoms with E-state index in [2.05, 4.69) is 5.32 Å². The van der Waals surface area contributed by atoms with Crippen molar-refractivity contribution in [1.29, 1.82) is 0 Å². The smallest absolute Gasteiger partial charge is 0.410 e. The Morgan fingerprint density at radius 1 is 1.00 bits per heavy atom. The van der Waals surface area contributed by atoms with Crippen LogP contribution in [0, 0.1) is 0 Å². The second-order valence-electron chi connectivity index (χ2n) is 3.98. The molecule has 18 heavy (non-hydrogen) atoms. The molecule has 0 radical (unpaired) electrons. The van der Waals surface area contributed by atoms with Gasteiger partial charge in [-0.15, -0.1) is 0 Å². The lowest BCUT2D eigenvalue weighted by molar-refractivity contribution is 0.197. The Kier molecular flexibility index (Phi) is 3.97. The second kappa shape index (κ2) is 5.87. The molecule has 0 unspecified atom stereocenters. The lowest BCUT2D eigenvalue weighted by atomic mass is 10.1. The van der Waals surface area contributed by atoms with Crippen molar-refractivity contribution in [2.24, 2.45) is 0 Å². The molecule has 1 N–H and O–H groups in total. The van der Waals surface area contributed by atoms with Crippen LogP contribution < -0.4 is 10.1 Å². The number of ether oxygens (including phenoxy) is 1. The van der Waals surface area contributed by atoms with E-state index in [1.165, 1.54) is 0 Å². The fraction of sp³-hybridized carbons (Fsp3) is 0.133. The van der Waals surface area contributed by atoms with E-state index in [0.717, 1.165) is 5.56 Å². The third-order valence-corrected chi connectivity index (χ3v) is 2.59. The van der Waals surface area contributed by atoms with Crippen molar-refractivity contribution in [3.8, 4) is 5.75 Å². The van der Waals surface area contributed by atoms with Gasteiger partial charge < -0.3 is 10.1 Å². The molecule has 1 atom stereocenters. The van der Waals surface area contributed by atoms with Gasteiger partial charge in [-0.25, -0.2) is 4.79 Å². The molecule has 0 heterocycles. The van der Waals surface area contributed by atoms with E-state index >= 15 is 0 Å². The van der Waals surface area contributed by atoms with Gasteiger partial charge in [0.2, 0.25) is 0 Å². The lowest BCUT2D eigenvalue weighted by Gasteiger charge is -2.14. The maximum absolute atomic E-state index is 11.7. The summed E-state index contributed by atoms with van der Waals surface area (Å²) in [7, 11) is 0. The van der Waals surface area contributed by atoms with Gasteiger partial charge in [0.15, 0.2) is 0 Å². The quantitative estimate of drug-likeness (QED) is 0.892. The van der Waals surface area contributed by atoms with Crippen molar-refractivity contribution in [3.05, 3.63) is 66.2 Å². The number of hydrogen-bond acceptors (Lipinski definition) is 2. The fourth-order valence-corrected chi connectivity index (χ4v) is 1.63. The zero-order valence-electron chi connectivity index (χ0n) is 10.2. The monoisotopic (exact) mass is 241 g/mol. The number of carbonyl (C=O) groups is 1. The summed E-state index contributed by atoms with van der Waals surface area (Å²) in [6.45, 7) is 1.92. The van der Waals surface area contributed by atoms with Gasteiger partial charge in [-0.3, -0.25) is 0 Å². The van der Waals surface area contributed by atoms with E-state index in [4.69, 9.17) is 4.74 Å². The van der Waals surface area contributed by atoms with E-state index in [-0.39, 0.29) is 6.04 Å². The largest absolute Gasteiger partial charge is 0.413 e. The summed E-state index contributed by atoms with van der Waals surface area (Å²) in [5.41, 5.74) is 1.04. The van der Waals surface area contributed by atoms with Gasteiger partial charge in [0.1, 0.15) is 5.75 Å². The fourth-order valence-electron chi connectivity index (χ4n) is 1.63. The van der Waals surface area contributed by atoms with Crippen LogP contribution in [-0.2, 0) is 0 Å². The minimum atomic E-state index is -0.447. The average molecular weight is 241 g/mol. The minimum absolute atomic E-state index is 0.0811. The Labute approximate surface area is 106 Å². The van der Waals surface area contributed by atoms with Gasteiger partial charge >= 0.3 is 6.09 Å². The van der Waals surface area contributed by atoms with Gasteiger partial charge in [-0.05, 0) is 24.6 Å². The number of amides is 1. The van der Waals surface area contributed by atoms with E-state index in [0.29, 0.717) is 5.75 Å².